The maximum Gasteiger partial charge on any atom is 0.221 e. The standard InChI is InChI=1S/C17H20N4O2/c1-12(22)20-14-7-5-6-13(10-14)11-19-17(18)21-15-8-3-4-9-16(15)23-2/h3-10H,11H2,1-2H3,(H,20,22)(H3,18,19,21). The van der Waals surface area contributed by atoms with Gasteiger partial charge < -0.3 is 21.1 Å². The van der Waals surface area contributed by atoms with E-state index in [0.29, 0.717) is 18.3 Å². The molecule has 0 aromatic heterocycles. The van der Waals surface area contributed by atoms with E-state index in [0.717, 1.165) is 16.9 Å². The van der Waals surface area contributed by atoms with E-state index >= 15 is 0 Å². The third kappa shape index (κ3) is 5.03. The highest BCUT2D eigenvalue weighted by molar-refractivity contribution is 5.93. The lowest BCUT2D eigenvalue weighted by Crippen LogP contribution is -2.22. The number of hydrogen-bond acceptors (Lipinski definition) is 3. The quantitative estimate of drug-likeness (QED) is 0.585. The fraction of sp³-hybridized carbons (Fsp3) is 0.176. The van der Waals surface area contributed by atoms with E-state index in [-0.39, 0.29) is 5.91 Å². The molecule has 4 N–H and O–H groups in total. The number of amides is 1. The molecule has 0 atom stereocenters. The van der Waals surface area contributed by atoms with Gasteiger partial charge in [0.15, 0.2) is 5.96 Å². The molecule has 2 aromatic rings. The second-order valence-electron chi connectivity index (χ2n) is 4.91. The molecule has 6 nitrogen and oxygen atoms in total. The van der Waals surface area contributed by atoms with Gasteiger partial charge in [-0.3, -0.25) is 4.79 Å². The molecule has 0 aliphatic carbocycles. The third-order valence-electron chi connectivity index (χ3n) is 3.05. The lowest BCUT2D eigenvalue weighted by atomic mass is 10.2. The SMILES string of the molecule is COc1ccccc1NC(N)=NCc1cccc(NC(C)=O)c1. The summed E-state index contributed by atoms with van der Waals surface area (Å²) in [7, 11) is 1.60. The second kappa shape index (κ2) is 7.84. The number of methoxy groups -OCH3 is 1. The van der Waals surface area contributed by atoms with Gasteiger partial charge in [0, 0.05) is 12.6 Å². The van der Waals surface area contributed by atoms with Crippen LogP contribution in [0.5, 0.6) is 5.75 Å². The lowest BCUT2D eigenvalue weighted by Gasteiger charge is -2.10. The van der Waals surface area contributed by atoms with Crippen LogP contribution in [0.1, 0.15) is 12.5 Å². The maximum absolute atomic E-state index is 11.1. The van der Waals surface area contributed by atoms with Gasteiger partial charge in [0.2, 0.25) is 5.91 Å². The molecule has 0 fully saturated rings. The average Bonchev–Trinajstić information content (AvgIpc) is 2.53. The molecule has 0 bridgehead atoms. The van der Waals surface area contributed by atoms with Crippen LogP contribution in [0.2, 0.25) is 0 Å². The first-order valence-electron chi connectivity index (χ1n) is 7.15. The van der Waals surface area contributed by atoms with E-state index < -0.39 is 0 Å². The van der Waals surface area contributed by atoms with Crippen LogP contribution in [0.25, 0.3) is 0 Å². The monoisotopic (exact) mass is 312 g/mol. The van der Waals surface area contributed by atoms with Crippen molar-refractivity contribution in [2.45, 2.75) is 13.5 Å². The topological polar surface area (TPSA) is 88.7 Å². The van der Waals surface area contributed by atoms with Crippen LogP contribution in [0.4, 0.5) is 11.4 Å². The summed E-state index contributed by atoms with van der Waals surface area (Å²) in [6.07, 6.45) is 0. The van der Waals surface area contributed by atoms with Crippen LogP contribution in [0, 0.1) is 0 Å². The fourth-order valence-corrected chi connectivity index (χ4v) is 2.05. The number of nitrogens with one attached hydrogen (secondary N) is 2. The summed E-state index contributed by atoms with van der Waals surface area (Å²) in [4.78, 5) is 15.4. The molecule has 23 heavy (non-hydrogen) atoms. The summed E-state index contributed by atoms with van der Waals surface area (Å²) in [6, 6.07) is 14.9. The summed E-state index contributed by atoms with van der Waals surface area (Å²) in [5, 5.41) is 5.75. The van der Waals surface area contributed by atoms with Crippen molar-refractivity contribution < 1.29 is 9.53 Å². The van der Waals surface area contributed by atoms with Crippen LogP contribution in [-0.2, 0) is 11.3 Å². The van der Waals surface area contributed by atoms with Gasteiger partial charge in [-0.05, 0) is 29.8 Å². The Balaban J connectivity index is 2.03. The molecule has 2 aromatic carbocycles. The van der Waals surface area contributed by atoms with Crippen LogP contribution in [0.15, 0.2) is 53.5 Å². The Hall–Kier alpha value is -3.02. The van der Waals surface area contributed by atoms with Gasteiger partial charge in [0.05, 0.1) is 19.3 Å². The molecule has 1 amide bonds. The van der Waals surface area contributed by atoms with E-state index in [1.165, 1.54) is 6.92 Å². The third-order valence-corrected chi connectivity index (χ3v) is 3.05. The van der Waals surface area contributed by atoms with Gasteiger partial charge in [-0.25, -0.2) is 4.99 Å². The van der Waals surface area contributed by atoms with E-state index in [1.807, 2.05) is 48.5 Å². The van der Waals surface area contributed by atoms with Crippen molar-refractivity contribution in [3.63, 3.8) is 0 Å². The number of nitrogens with zero attached hydrogens (tertiary/aromatic N) is 1. The Labute approximate surface area is 135 Å². The van der Waals surface area contributed by atoms with Gasteiger partial charge in [-0.1, -0.05) is 24.3 Å². The zero-order valence-corrected chi connectivity index (χ0v) is 13.2. The second-order valence-corrected chi connectivity index (χ2v) is 4.91. The minimum Gasteiger partial charge on any atom is -0.495 e. The summed E-state index contributed by atoms with van der Waals surface area (Å²) in [5.74, 6) is 0.876. The van der Waals surface area contributed by atoms with E-state index in [4.69, 9.17) is 10.5 Å². The van der Waals surface area contributed by atoms with Crippen molar-refractivity contribution in [1.29, 1.82) is 0 Å². The molecular formula is C17H20N4O2. The molecule has 0 spiro atoms. The minimum atomic E-state index is -0.108. The number of carbonyl (C=O) groups excluding carboxylic acids is 1. The molecule has 6 heteroatoms. The van der Waals surface area contributed by atoms with Crippen molar-refractivity contribution in [3.05, 3.63) is 54.1 Å². The number of ether oxygens (including phenoxy) is 1. The van der Waals surface area contributed by atoms with Crippen molar-refractivity contribution in [1.82, 2.24) is 0 Å². The van der Waals surface area contributed by atoms with Gasteiger partial charge in [-0.2, -0.15) is 0 Å². The van der Waals surface area contributed by atoms with E-state index in [9.17, 15) is 4.79 Å². The number of hydrogen-bond donors (Lipinski definition) is 3. The largest absolute Gasteiger partial charge is 0.495 e. The molecule has 2 rings (SSSR count). The van der Waals surface area contributed by atoms with Gasteiger partial charge in [0.25, 0.3) is 0 Å². The molecule has 0 heterocycles. The predicted octanol–water partition coefficient (Wildman–Crippen LogP) is 2.58. The molecule has 0 saturated carbocycles. The Morgan fingerprint density at radius 1 is 1.17 bits per heavy atom. The van der Waals surface area contributed by atoms with Gasteiger partial charge >= 0.3 is 0 Å². The first kappa shape index (κ1) is 16.4. The molecule has 0 unspecified atom stereocenters. The van der Waals surface area contributed by atoms with Crippen LogP contribution in [-0.4, -0.2) is 19.0 Å². The molecule has 0 aliphatic rings. The van der Waals surface area contributed by atoms with Crippen molar-refractivity contribution in [2.24, 2.45) is 10.7 Å². The Kier molecular flexibility index (Phi) is 5.57. The van der Waals surface area contributed by atoms with Gasteiger partial charge in [0.1, 0.15) is 5.75 Å². The summed E-state index contributed by atoms with van der Waals surface area (Å²) in [5.41, 5.74) is 8.35. The first-order chi connectivity index (χ1) is 11.1. The highest BCUT2D eigenvalue weighted by Gasteiger charge is 2.02. The Morgan fingerprint density at radius 2 is 1.96 bits per heavy atom. The summed E-state index contributed by atoms with van der Waals surface area (Å²) >= 11 is 0. The molecule has 0 aliphatic heterocycles. The van der Waals surface area contributed by atoms with Crippen LogP contribution < -0.4 is 21.1 Å². The fourth-order valence-electron chi connectivity index (χ4n) is 2.05. The summed E-state index contributed by atoms with van der Waals surface area (Å²) in [6.45, 7) is 1.88. The highest BCUT2D eigenvalue weighted by Crippen LogP contribution is 2.22. The lowest BCUT2D eigenvalue weighted by molar-refractivity contribution is -0.114. The Morgan fingerprint density at radius 3 is 2.70 bits per heavy atom. The number of carbonyl (C=O) groups is 1. The van der Waals surface area contributed by atoms with Crippen LogP contribution >= 0.6 is 0 Å². The molecular weight excluding hydrogens is 292 g/mol. The Bertz CT molecular complexity index is 713. The van der Waals surface area contributed by atoms with E-state index in [1.54, 1.807) is 7.11 Å². The maximum atomic E-state index is 11.1. The number of nitrogens with two attached hydrogens (primary N) is 1. The van der Waals surface area contributed by atoms with Crippen molar-refractivity contribution >= 4 is 23.2 Å². The summed E-state index contributed by atoms with van der Waals surface area (Å²) < 4.78 is 5.25. The van der Waals surface area contributed by atoms with Crippen molar-refractivity contribution in [3.8, 4) is 5.75 Å². The van der Waals surface area contributed by atoms with Crippen LogP contribution in [0.3, 0.4) is 0 Å². The normalized spacial score (nSPS) is 11.0. The number of aliphatic imine (C=N–C) groups is 1. The number of rotatable bonds is 5. The predicted molar refractivity (Wildman–Crippen MR) is 92.7 cm³/mol. The zero-order valence-electron chi connectivity index (χ0n) is 13.2. The highest BCUT2D eigenvalue weighted by atomic mass is 16.5. The zero-order chi connectivity index (χ0) is 16.7. The van der Waals surface area contributed by atoms with Crippen molar-refractivity contribution in [2.75, 3.05) is 17.7 Å². The smallest absolute Gasteiger partial charge is 0.221 e. The minimum absolute atomic E-state index is 0.108. The van der Waals surface area contributed by atoms with E-state index in [2.05, 4.69) is 15.6 Å². The molecule has 120 valence electrons. The molecule has 0 saturated heterocycles. The molecule has 0 radical (unpaired) electrons. The number of benzene rings is 2. The van der Waals surface area contributed by atoms with Gasteiger partial charge in [-0.15, -0.1) is 0 Å². The number of para-hydroxylation sites is 2. The average molecular weight is 312 g/mol. The first-order valence-corrected chi connectivity index (χ1v) is 7.15. The number of guanidine groups is 1. The number of anilines is 2.